The third-order valence-corrected chi connectivity index (χ3v) is 4.64. The molecule has 0 bridgehead atoms. The van der Waals surface area contributed by atoms with E-state index in [1.54, 1.807) is 0 Å². The van der Waals surface area contributed by atoms with Crippen molar-refractivity contribution >= 4 is 22.5 Å². The molecule has 126 valence electrons. The molecular formula is C20H23ClN2O. The number of aromatic nitrogens is 1. The van der Waals surface area contributed by atoms with Crippen LogP contribution in [0.2, 0.25) is 5.02 Å². The van der Waals surface area contributed by atoms with Gasteiger partial charge in [0.1, 0.15) is 0 Å². The first-order valence-corrected chi connectivity index (χ1v) is 8.74. The maximum Gasteiger partial charge on any atom is 0.0584 e. The quantitative estimate of drug-likeness (QED) is 0.675. The Labute approximate surface area is 147 Å². The minimum atomic E-state index is 0.139. The van der Waals surface area contributed by atoms with Gasteiger partial charge in [0.25, 0.3) is 0 Å². The van der Waals surface area contributed by atoms with Crippen molar-refractivity contribution in [1.29, 1.82) is 0 Å². The molecule has 0 radical (unpaired) electrons. The summed E-state index contributed by atoms with van der Waals surface area (Å²) in [6, 6.07) is 16.6. The Morgan fingerprint density at radius 1 is 1.17 bits per heavy atom. The van der Waals surface area contributed by atoms with Crippen molar-refractivity contribution in [2.75, 3.05) is 6.61 Å². The average Bonchev–Trinajstić information content (AvgIpc) is 2.94. The Bertz CT molecular complexity index is 808. The van der Waals surface area contributed by atoms with Crippen molar-refractivity contribution in [2.45, 2.75) is 32.5 Å². The Hall–Kier alpha value is -1.81. The van der Waals surface area contributed by atoms with E-state index < -0.39 is 0 Å². The molecule has 0 aliphatic rings. The van der Waals surface area contributed by atoms with Gasteiger partial charge in [-0.25, -0.2) is 0 Å². The SMILES string of the molecule is CC[C@@H](CO)NCc1cn(Cc2cccc(Cl)c2)c2ccccc12. The summed E-state index contributed by atoms with van der Waals surface area (Å²) in [6.45, 7) is 3.79. The summed E-state index contributed by atoms with van der Waals surface area (Å²) < 4.78 is 2.26. The van der Waals surface area contributed by atoms with E-state index in [0.717, 1.165) is 24.5 Å². The fraction of sp³-hybridized carbons (Fsp3) is 0.300. The number of fused-ring (bicyclic) bond motifs is 1. The Kier molecular flexibility index (Phi) is 5.56. The zero-order valence-electron chi connectivity index (χ0n) is 13.9. The van der Waals surface area contributed by atoms with E-state index in [9.17, 15) is 5.11 Å². The highest BCUT2D eigenvalue weighted by atomic mass is 35.5. The van der Waals surface area contributed by atoms with E-state index >= 15 is 0 Å². The number of nitrogens with one attached hydrogen (secondary N) is 1. The summed E-state index contributed by atoms with van der Waals surface area (Å²) in [7, 11) is 0. The van der Waals surface area contributed by atoms with Crippen molar-refractivity contribution in [3.05, 3.63) is 70.9 Å². The van der Waals surface area contributed by atoms with Crippen LogP contribution in [0.5, 0.6) is 0 Å². The number of nitrogens with zero attached hydrogens (tertiary/aromatic N) is 1. The fourth-order valence-corrected chi connectivity index (χ4v) is 3.23. The number of rotatable bonds is 7. The molecule has 1 atom stereocenters. The van der Waals surface area contributed by atoms with Crippen LogP contribution in [0.1, 0.15) is 24.5 Å². The Morgan fingerprint density at radius 3 is 2.75 bits per heavy atom. The van der Waals surface area contributed by atoms with Gasteiger partial charge in [-0.2, -0.15) is 0 Å². The van der Waals surface area contributed by atoms with E-state index in [-0.39, 0.29) is 12.6 Å². The normalized spacial score (nSPS) is 12.6. The van der Waals surface area contributed by atoms with Crippen molar-refractivity contribution in [3.63, 3.8) is 0 Å². The lowest BCUT2D eigenvalue weighted by atomic mass is 10.1. The highest BCUT2D eigenvalue weighted by molar-refractivity contribution is 6.30. The van der Waals surface area contributed by atoms with Crippen LogP contribution in [0.4, 0.5) is 0 Å². The highest BCUT2D eigenvalue weighted by Crippen LogP contribution is 2.23. The molecule has 2 N–H and O–H groups in total. The molecule has 0 amide bonds. The largest absolute Gasteiger partial charge is 0.395 e. The molecule has 0 aliphatic carbocycles. The van der Waals surface area contributed by atoms with Crippen molar-refractivity contribution in [3.8, 4) is 0 Å². The molecule has 0 fully saturated rings. The second kappa shape index (κ2) is 7.84. The molecule has 4 heteroatoms. The van der Waals surface area contributed by atoms with Crippen molar-refractivity contribution in [1.82, 2.24) is 9.88 Å². The third-order valence-electron chi connectivity index (χ3n) is 4.41. The van der Waals surface area contributed by atoms with Gasteiger partial charge < -0.3 is 15.0 Å². The predicted octanol–water partition coefficient (Wildman–Crippen LogP) is 4.20. The maximum atomic E-state index is 9.36. The number of halogens is 1. The summed E-state index contributed by atoms with van der Waals surface area (Å²) in [5, 5.41) is 14.8. The van der Waals surface area contributed by atoms with Crippen LogP contribution in [0.3, 0.4) is 0 Å². The van der Waals surface area contributed by atoms with E-state index in [4.69, 9.17) is 11.6 Å². The molecule has 3 nitrogen and oxygen atoms in total. The second-order valence-electron chi connectivity index (χ2n) is 6.10. The molecule has 3 rings (SSSR count). The summed E-state index contributed by atoms with van der Waals surface area (Å²) in [6.07, 6.45) is 3.11. The minimum Gasteiger partial charge on any atom is -0.395 e. The number of benzene rings is 2. The van der Waals surface area contributed by atoms with Crippen LogP contribution < -0.4 is 5.32 Å². The van der Waals surface area contributed by atoms with Crippen LogP contribution in [0.15, 0.2) is 54.7 Å². The number of para-hydroxylation sites is 1. The first kappa shape index (κ1) is 17.0. The van der Waals surface area contributed by atoms with Gasteiger partial charge in [0.15, 0.2) is 0 Å². The number of aliphatic hydroxyl groups is 1. The molecule has 0 saturated carbocycles. The molecule has 0 spiro atoms. The molecule has 1 heterocycles. The van der Waals surface area contributed by atoms with Crippen LogP contribution in [0.25, 0.3) is 10.9 Å². The topological polar surface area (TPSA) is 37.2 Å². The molecule has 2 aromatic carbocycles. The molecule has 3 aromatic rings. The molecule has 0 aliphatic heterocycles. The van der Waals surface area contributed by atoms with Crippen LogP contribution in [-0.2, 0) is 13.1 Å². The van der Waals surface area contributed by atoms with E-state index in [2.05, 4.69) is 53.3 Å². The minimum absolute atomic E-state index is 0.139. The van der Waals surface area contributed by atoms with E-state index in [0.29, 0.717) is 0 Å². The highest BCUT2D eigenvalue weighted by Gasteiger charge is 2.10. The van der Waals surface area contributed by atoms with Crippen LogP contribution in [0, 0.1) is 0 Å². The third kappa shape index (κ3) is 3.81. The molecule has 0 unspecified atom stereocenters. The van der Waals surface area contributed by atoms with E-state index in [1.165, 1.54) is 22.0 Å². The van der Waals surface area contributed by atoms with Gasteiger partial charge in [0.05, 0.1) is 6.61 Å². The molecule has 1 aromatic heterocycles. The Morgan fingerprint density at radius 2 is 2.00 bits per heavy atom. The average molecular weight is 343 g/mol. The predicted molar refractivity (Wildman–Crippen MR) is 100 cm³/mol. The summed E-state index contributed by atoms with van der Waals surface area (Å²) >= 11 is 6.11. The first-order chi connectivity index (χ1) is 11.7. The zero-order chi connectivity index (χ0) is 16.9. The van der Waals surface area contributed by atoms with Gasteiger partial charge in [-0.15, -0.1) is 0 Å². The van der Waals surface area contributed by atoms with Gasteiger partial charge in [0.2, 0.25) is 0 Å². The van der Waals surface area contributed by atoms with Gasteiger partial charge in [-0.05, 0) is 35.7 Å². The molecule has 0 saturated heterocycles. The lowest BCUT2D eigenvalue weighted by Crippen LogP contribution is -2.31. The van der Waals surface area contributed by atoms with Crippen molar-refractivity contribution in [2.24, 2.45) is 0 Å². The summed E-state index contributed by atoms with van der Waals surface area (Å²) in [4.78, 5) is 0. The lowest BCUT2D eigenvalue weighted by Gasteiger charge is -2.13. The monoisotopic (exact) mass is 342 g/mol. The molecule has 24 heavy (non-hydrogen) atoms. The van der Waals surface area contributed by atoms with Gasteiger partial charge in [-0.1, -0.05) is 48.9 Å². The number of hydrogen-bond donors (Lipinski definition) is 2. The standard InChI is InChI=1S/C20H23ClN2O/c1-2-18(14-24)22-11-16-13-23(20-9-4-3-8-19(16)20)12-15-6-5-7-17(21)10-15/h3-10,13,18,22,24H,2,11-12,14H2,1H3/t18-/m0/s1. The van der Waals surface area contributed by atoms with Gasteiger partial charge in [-0.3, -0.25) is 0 Å². The summed E-state index contributed by atoms with van der Waals surface area (Å²) in [5.41, 5.74) is 3.65. The first-order valence-electron chi connectivity index (χ1n) is 8.36. The van der Waals surface area contributed by atoms with Gasteiger partial charge >= 0.3 is 0 Å². The van der Waals surface area contributed by atoms with Crippen LogP contribution in [-0.4, -0.2) is 22.3 Å². The lowest BCUT2D eigenvalue weighted by molar-refractivity contribution is 0.238. The smallest absolute Gasteiger partial charge is 0.0584 e. The summed E-state index contributed by atoms with van der Waals surface area (Å²) in [5.74, 6) is 0. The van der Waals surface area contributed by atoms with Crippen molar-refractivity contribution < 1.29 is 5.11 Å². The second-order valence-corrected chi connectivity index (χ2v) is 6.53. The maximum absolute atomic E-state index is 9.36. The number of hydrogen-bond acceptors (Lipinski definition) is 2. The fourth-order valence-electron chi connectivity index (χ4n) is 3.02. The number of aliphatic hydroxyl groups excluding tert-OH is 1. The molecular weight excluding hydrogens is 320 g/mol. The van der Waals surface area contributed by atoms with Gasteiger partial charge in [0, 0.05) is 41.3 Å². The zero-order valence-corrected chi connectivity index (χ0v) is 14.6. The Balaban J connectivity index is 1.88. The van der Waals surface area contributed by atoms with Crippen LogP contribution >= 0.6 is 11.6 Å². The van der Waals surface area contributed by atoms with E-state index in [1.807, 2.05) is 18.2 Å².